The third kappa shape index (κ3) is 4.60. The fourth-order valence-electron chi connectivity index (χ4n) is 0.925. The van der Waals surface area contributed by atoms with Crippen LogP contribution in [0.3, 0.4) is 0 Å². The van der Waals surface area contributed by atoms with Gasteiger partial charge in [0.15, 0.2) is 5.25 Å². The molecule has 0 amide bonds. The van der Waals surface area contributed by atoms with Crippen LogP contribution in [0.4, 0.5) is 0 Å². The average Bonchev–Trinajstić information content (AvgIpc) is 2.15. The van der Waals surface area contributed by atoms with Crippen molar-refractivity contribution in [2.24, 2.45) is 5.92 Å². The smallest absolute Gasteiger partial charge is 0.228 e. The van der Waals surface area contributed by atoms with E-state index in [0.29, 0.717) is 6.61 Å². The standard InChI is InChI=1S/C9H18N2O3S/c1-7(2)9(6-14-4)11-15(12,13)8(3)5-10/h7-9,11H,6H2,1-4H3. The Hall–Kier alpha value is -0.640. The van der Waals surface area contributed by atoms with Crippen molar-refractivity contribution in [2.75, 3.05) is 13.7 Å². The number of nitrogens with zero attached hydrogens (tertiary/aromatic N) is 1. The average molecular weight is 234 g/mol. The highest BCUT2D eigenvalue weighted by Crippen LogP contribution is 2.06. The Morgan fingerprint density at radius 1 is 1.40 bits per heavy atom. The molecule has 5 nitrogen and oxygen atoms in total. The number of hydrogen-bond donors (Lipinski definition) is 1. The first-order valence-corrected chi connectivity index (χ1v) is 6.29. The molecule has 0 bridgehead atoms. The zero-order valence-electron chi connectivity index (χ0n) is 9.52. The minimum absolute atomic E-state index is 0.116. The van der Waals surface area contributed by atoms with Gasteiger partial charge in [0.1, 0.15) is 0 Å². The quantitative estimate of drug-likeness (QED) is 0.725. The van der Waals surface area contributed by atoms with Crippen molar-refractivity contribution in [1.82, 2.24) is 4.72 Å². The van der Waals surface area contributed by atoms with Crippen molar-refractivity contribution in [1.29, 1.82) is 5.26 Å². The molecule has 1 N–H and O–H groups in total. The van der Waals surface area contributed by atoms with E-state index in [2.05, 4.69) is 4.72 Å². The van der Waals surface area contributed by atoms with Crippen molar-refractivity contribution in [3.05, 3.63) is 0 Å². The Balaban J connectivity index is 4.61. The summed E-state index contributed by atoms with van der Waals surface area (Å²) >= 11 is 0. The third-order valence-corrected chi connectivity index (χ3v) is 3.78. The van der Waals surface area contributed by atoms with Gasteiger partial charge in [0, 0.05) is 13.2 Å². The predicted octanol–water partition coefficient (Wildman–Crippen LogP) is 0.489. The van der Waals surface area contributed by atoms with Gasteiger partial charge < -0.3 is 4.74 Å². The molecule has 0 aliphatic carbocycles. The number of nitrogens with one attached hydrogen (secondary N) is 1. The maximum absolute atomic E-state index is 11.6. The molecule has 0 aliphatic rings. The van der Waals surface area contributed by atoms with Gasteiger partial charge in [-0.25, -0.2) is 13.1 Å². The predicted molar refractivity (Wildman–Crippen MR) is 57.6 cm³/mol. The molecule has 0 aliphatic heterocycles. The summed E-state index contributed by atoms with van der Waals surface area (Å²) < 4.78 is 30.5. The highest BCUT2D eigenvalue weighted by atomic mass is 32.2. The summed E-state index contributed by atoms with van der Waals surface area (Å²) in [7, 11) is -2.06. The Bertz CT molecular complexity index is 319. The van der Waals surface area contributed by atoms with Gasteiger partial charge in [-0.2, -0.15) is 5.26 Å². The first kappa shape index (κ1) is 14.4. The Kier molecular flexibility index (Phi) is 5.80. The van der Waals surface area contributed by atoms with E-state index in [1.54, 1.807) is 6.07 Å². The summed E-state index contributed by atoms with van der Waals surface area (Å²) in [6.45, 7) is 5.44. The summed E-state index contributed by atoms with van der Waals surface area (Å²) in [5.41, 5.74) is 0. The van der Waals surface area contributed by atoms with Crippen LogP contribution in [0, 0.1) is 17.2 Å². The van der Waals surface area contributed by atoms with Crippen molar-refractivity contribution < 1.29 is 13.2 Å². The van der Waals surface area contributed by atoms with Gasteiger partial charge in [-0.3, -0.25) is 0 Å². The maximum atomic E-state index is 11.6. The lowest BCUT2D eigenvalue weighted by molar-refractivity contribution is 0.157. The Morgan fingerprint density at radius 3 is 2.27 bits per heavy atom. The van der Waals surface area contributed by atoms with Crippen molar-refractivity contribution in [2.45, 2.75) is 32.1 Å². The molecule has 0 fully saturated rings. The number of hydrogen-bond acceptors (Lipinski definition) is 4. The molecule has 0 aromatic heterocycles. The van der Waals surface area contributed by atoms with Crippen LogP contribution in [0.2, 0.25) is 0 Å². The van der Waals surface area contributed by atoms with Crippen molar-refractivity contribution in [3.63, 3.8) is 0 Å². The lowest BCUT2D eigenvalue weighted by atomic mass is 10.1. The Morgan fingerprint density at radius 2 is 1.93 bits per heavy atom. The topological polar surface area (TPSA) is 79.2 Å². The van der Waals surface area contributed by atoms with Crippen LogP contribution < -0.4 is 4.72 Å². The van der Waals surface area contributed by atoms with Crippen LogP contribution in [0.25, 0.3) is 0 Å². The number of ether oxygens (including phenoxy) is 1. The molecule has 0 rings (SSSR count). The summed E-state index contributed by atoms with van der Waals surface area (Å²) in [6, 6.07) is 1.40. The van der Waals surface area contributed by atoms with E-state index in [4.69, 9.17) is 10.00 Å². The second-order valence-corrected chi connectivity index (χ2v) is 5.77. The molecule has 0 saturated carbocycles. The molecule has 0 aromatic rings. The molecule has 2 atom stereocenters. The minimum Gasteiger partial charge on any atom is -0.383 e. The molecule has 88 valence electrons. The van der Waals surface area contributed by atoms with E-state index in [9.17, 15) is 8.42 Å². The van der Waals surface area contributed by atoms with Crippen LogP contribution >= 0.6 is 0 Å². The lowest BCUT2D eigenvalue weighted by Gasteiger charge is -2.21. The van der Waals surface area contributed by atoms with Crippen LogP contribution in [-0.4, -0.2) is 33.4 Å². The maximum Gasteiger partial charge on any atom is 0.228 e. The summed E-state index contributed by atoms with van der Waals surface area (Å²) in [5.74, 6) is 0.116. The molecular formula is C9H18N2O3S. The van der Waals surface area contributed by atoms with Crippen LogP contribution in [0.5, 0.6) is 0 Å². The largest absolute Gasteiger partial charge is 0.383 e. The molecule has 6 heteroatoms. The first-order chi connectivity index (χ1) is 6.85. The van der Waals surface area contributed by atoms with Crippen LogP contribution in [0.1, 0.15) is 20.8 Å². The molecule has 15 heavy (non-hydrogen) atoms. The second-order valence-electron chi connectivity index (χ2n) is 3.74. The number of rotatable bonds is 6. The molecule has 0 aromatic carbocycles. The zero-order chi connectivity index (χ0) is 12.1. The van der Waals surface area contributed by atoms with E-state index in [1.807, 2.05) is 13.8 Å². The molecule has 0 radical (unpaired) electrons. The normalized spacial score (nSPS) is 16.0. The first-order valence-electron chi connectivity index (χ1n) is 4.74. The molecule has 0 spiro atoms. The van der Waals surface area contributed by atoms with Gasteiger partial charge >= 0.3 is 0 Å². The van der Waals surface area contributed by atoms with Gasteiger partial charge in [0.05, 0.1) is 12.7 Å². The van der Waals surface area contributed by atoms with E-state index < -0.39 is 15.3 Å². The second kappa shape index (κ2) is 6.05. The summed E-state index contributed by atoms with van der Waals surface area (Å²) in [6.07, 6.45) is 0. The number of methoxy groups -OCH3 is 1. The minimum atomic E-state index is -3.57. The van der Waals surface area contributed by atoms with Crippen LogP contribution in [-0.2, 0) is 14.8 Å². The van der Waals surface area contributed by atoms with Gasteiger partial charge in [-0.15, -0.1) is 0 Å². The third-order valence-electron chi connectivity index (χ3n) is 2.11. The van der Waals surface area contributed by atoms with Gasteiger partial charge in [0.25, 0.3) is 0 Å². The molecule has 2 unspecified atom stereocenters. The van der Waals surface area contributed by atoms with Gasteiger partial charge in [-0.1, -0.05) is 13.8 Å². The SMILES string of the molecule is COCC(NS(=O)(=O)C(C)C#N)C(C)C. The summed E-state index contributed by atoms with van der Waals surface area (Å²) in [5, 5.41) is 7.51. The molecular weight excluding hydrogens is 216 g/mol. The van der Waals surface area contributed by atoms with Crippen LogP contribution in [0.15, 0.2) is 0 Å². The van der Waals surface area contributed by atoms with Crippen molar-refractivity contribution >= 4 is 10.0 Å². The zero-order valence-corrected chi connectivity index (χ0v) is 10.3. The highest BCUT2D eigenvalue weighted by Gasteiger charge is 2.25. The van der Waals surface area contributed by atoms with Gasteiger partial charge in [0.2, 0.25) is 10.0 Å². The van der Waals surface area contributed by atoms with E-state index in [1.165, 1.54) is 14.0 Å². The highest BCUT2D eigenvalue weighted by molar-refractivity contribution is 7.90. The van der Waals surface area contributed by atoms with E-state index in [-0.39, 0.29) is 12.0 Å². The monoisotopic (exact) mass is 234 g/mol. The Labute approximate surface area is 91.5 Å². The van der Waals surface area contributed by atoms with Gasteiger partial charge in [-0.05, 0) is 12.8 Å². The number of sulfonamides is 1. The fraction of sp³-hybridized carbons (Fsp3) is 0.889. The van der Waals surface area contributed by atoms with E-state index in [0.717, 1.165) is 0 Å². The fourth-order valence-corrected chi connectivity index (χ4v) is 2.03. The summed E-state index contributed by atoms with van der Waals surface area (Å²) in [4.78, 5) is 0. The van der Waals surface area contributed by atoms with Crippen molar-refractivity contribution in [3.8, 4) is 6.07 Å². The molecule has 0 saturated heterocycles. The lowest BCUT2D eigenvalue weighted by Crippen LogP contribution is -2.44. The van der Waals surface area contributed by atoms with E-state index >= 15 is 0 Å². The molecule has 0 heterocycles. The number of nitriles is 1.